The number of benzene rings is 2. The van der Waals surface area contributed by atoms with E-state index in [-0.39, 0.29) is 18.2 Å². The van der Waals surface area contributed by atoms with Gasteiger partial charge in [0.2, 0.25) is 5.91 Å². The third-order valence-corrected chi connectivity index (χ3v) is 4.49. The predicted molar refractivity (Wildman–Crippen MR) is 98.2 cm³/mol. The van der Waals surface area contributed by atoms with Crippen molar-refractivity contribution in [3.63, 3.8) is 0 Å². The molecule has 1 atom stereocenters. The van der Waals surface area contributed by atoms with Crippen LogP contribution in [0.4, 0.5) is 11.4 Å². The lowest BCUT2D eigenvalue weighted by atomic mass is 10.2. The fourth-order valence-electron chi connectivity index (χ4n) is 2.71. The van der Waals surface area contributed by atoms with E-state index >= 15 is 0 Å². The largest absolute Gasteiger partial charge is 0.497 e. The van der Waals surface area contributed by atoms with Crippen molar-refractivity contribution in [3.05, 3.63) is 46.9 Å². The molecule has 0 bridgehead atoms. The summed E-state index contributed by atoms with van der Waals surface area (Å²) in [7, 11) is 3.03. The van der Waals surface area contributed by atoms with Crippen molar-refractivity contribution < 1.29 is 19.1 Å². The quantitative estimate of drug-likeness (QED) is 0.774. The summed E-state index contributed by atoms with van der Waals surface area (Å²) in [6, 6.07) is 11.8. The fraction of sp³-hybridized carbons (Fsp3) is 0.222. The van der Waals surface area contributed by atoms with E-state index in [2.05, 4.69) is 21.2 Å². The van der Waals surface area contributed by atoms with E-state index in [1.807, 2.05) is 24.3 Å². The highest BCUT2D eigenvalue weighted by atomic mass is 79.9. The minimum atomic E-state index is -0.611. The number of hydrogen-bond donors (Lipinski definition) is 1. The summed E-state index contributed by atoms with van der Waals surface area (Å²) in [4.78, 5) is 26.4. The Labute approximate surface area is 153 Å². The first-order valence-corrected chi connectivity index (χ1v) is 8.43. The van der Waals surface area contributed by atoms with Gasteiger partial charge in [0.1, 0.15) is 17.5 Å². The topological polar surface area (TPSA) is 67.9 Å². The molecule has 7 heteroatoms. The van der Waals surface area contributed by atoms with Gasteiger partial charge >= 0.3 is 0 Å². The molecule has 1 saturated heterocycles. The monoisotopic (exact) mass is 404 g/mol. The van der Waals surface area contributed by atoms with E-state index in [1.165, 1.54) is 7.11 Å². The van der Waals surface area contributed by atoms with Gasteiger partial charge in [-0.1, -0.05) is 15.9 Å². The molecule has 2 aromatic rings. The van der Waals surface area contributed by atoms with Crippen LogP contribution in [0.2, 0.25) is 0 Å². The standard InChI is InChI=1S/C18H17BrN2O4/c1-24-13-7-8-15(16(9-13)25-2)21-17(22)10-14(18(21)23)20-12-5-3-11(19)4-6-12/h3-9,14,20H,10H2,1-2H3/t14-/m0/s1. The molecule has 0 aromatic heterocycles. The Balaban J connectivity index is 1.85. The van der Waals surface area contributed by atoms with Crippen LogP contribution in [0.25, 0.3) is 0 Å². The Morgan fingerprint density at radius 3 is 2.44 bits per heavy atom. The summed E-state index contributed by atoms with van der Waals surface area (Å²) in [6.45, 7) is 0. The highest BCUT2D eigenvalue weighted by molar-refractivity contribution is 9.10. The molecule has 0 radical (unpaired) electrons. The molecule has 1 aliphatic heterocycles. The molecule has 1 heterocycles. The third kappa shape index (κ3) is 3.46. The average Bonchev–Trinajstić information content (AvgIpc) is 2.90. The second kappa shape index (κ2) is 7.14. The van der Waals surface area contributed by atoms with Gasteiger partial charge in [-0.15, -0.1) is 0 Å². The molecule has 2 amide bonds. The summed E-state index contributed by atoms with van der Waals surface area (Å²) in [5.41, 5.74) is 1.19. The molecule has 3 rings (SSSR count). The van der Waals surface area contributed by atoms with E-state index < -0.39 is 6.04 Å². The fourth-order valence-corrected chi connectivity index (χ4v) is 2.98. The lowest BCUT2D eigenvalue weighted by molar-refractivity contribution is -0.121. The zero-order valence-corrected chi connectivity index (χ0v) is 15.4. The molecule has 0 unspecified atom stereocenters. The Bertz CT molecular complexity index is 807. The van der Waals surface area contributed by atoms with Crippen LogP contribution in [0.5, 0.6) is 11.5 Å². The van der Waals surface area contributed by atoms with Crippen LogP contribution in [0.1, 0.15) is 6.42 Å². The van der Waals surface area contributed by atoms with Gasteiger partial charge < -0.3 is 14.8 Å². The number of halogens is 1. The minimum absolute atomic E-state index is 0.0874. The van der Waals surface area contributed by atoms with Crippen molar-refractivity contribution in [2.24, 2.45) is 0 Å². The van der Waals surface area contributed by atoms with Crippen LogP contribution in [-0.2, 0) is 9.59 Å². The van der Waals surface area contributed by atoms with Gasteiger partial charge in [0.05, 0.1) is 26.3 Å². The second-order valence-corrected chi connectivity index (χ2v) is 6.43. The lowest BCUT2D eigenvalue weighted by Crippen LogP contribution is -2.35. The summed E-state index contributed by atoms with van der Waals surface area (Å²) in [5, 5.41) is 3.11. The zero-order valence-electron chi connectivity index (χ0n) is 13.8. The molecule has 1 fully saturated rings. The highest BCUT2D eigenvalue weighted by Crippen LogP contribution is 2.35. The molecule has 1 aliphatic rings. The molecule has 130 valence electrons. The maximum absolute atomic E-state index is 12.8. The summed E-state index contributed by atoms with van der Waals surface area (Å²) in [6.07, 6.45) is 0.0874. The number of anilines is 2. The summed E-state index contributed by atoms with van der Waals surface area (Å²) < 4.78 is 11.4. The zero-order chi connectivity index (χ0) is 18.0. The van der Waals surface area contributed by atoms with Crippen LogP contribution >= 0.6 is 15.9 Å². The Morgan fingerprint density at radius 2 is 1.80 bits per heavy atom. The van der Waals surface area contributed by atoms with Gasteiger partial charge in [-0.3, -0.25) is 9.59 Å². The van der Waals surface area contributed by atoms with Crippen molar-refractivity contribution in [2.75, 3.05) is 24.4 Å². The molecule has 25 heavy (non-hydrogen) atoms. The number of ether oxygens (including phenoxy) is 2. The first-order chi connectivity index (χ1) is 12.0. The number of nitrogens with one attached hydrogen (secondary N) is 1. The number of hydrogen-bond acceptors (Lipinski definition) is 5. The van der Waals surface area contributed by atoms with Crippen LogP contribution in [0, 0.1) is 0 Å². The van der Waals surface area contributed by atoms with Crippen LogP contribution in [0.3, 0.4) is 0 Å². The minimum Gasteiger partial charge on any atom is -0.497 e. The van der Waals surface area contributed by atoms with Crippen molar-refractivity contribution in [3.8, 4) is 11.5 Å². The molecular formula is C18H17BrN2O4. The van der Waals surface area contributed by atoms with Gasteiger partial charge in [0, 0.05) is 16.2 Å². The Morgan fingerprint density at radius 1 is 1.08 bits per heavy atom. The number of rotatable bonds is 5. The van der Waals surface area contributed by atoms with Gasteiger partial charge in [-0.25, -0.2) is 4.90 Å². The third-order valence-electron chi connectivity index (χ3n) is 3.96. The number of carbonyl (C=O) groups is 2. The van der Waals surface area contributed by atoms with Gasteiger partial charge in [0.15, 0.2) is 0 Å². The van der Waals surface area contributed by atoms with Crippen molar-refractivity contribution >= 4 is 39.1 Å². The SMILES string of the molecule is COc1ccc(N2C(=O)C[C@H](Nc3ccc(Br)cc3)C2=O)c(OC)c1. The van der Waals surface area contributed by atoms with Crippen LogP contribution in [-0.4, -0.2) is 32.1 Å². The van der Waals surface area contributed by atoms with Crippen molar-refractivity contribution in [1.29, 1.82) is 0 Å². The van der Waals surface area contributed by atoms with Crippen molar-refractivity contribution in [2.45, 2.75) is 12.5 Å². The highest BCUT2D eigenvalue weighted by Gasteiger charge is 2.40. The molecule has 1 N–H and O–H groups in total. The molecule has 0 saturated carbocycles. The van der Waals surface area contributed by atoms with E-state index in [1.54, 1.807) is 25.3 Å². The lowest BCUT2D eigenvalue weighted by Gasteiger charge is -2.19. The second-order valence-electron chi connectivity index (χ2n) is 5.51. The maximum atomic E-state index is 12.8. The first-order valence-electron chi connectivity index (χ1n) is 7.64. The van der Waals surface area contributed by atoms with Gasteiger partial charge in [0.25, 0.3) is 5.91 Å². The average molecular weight is 405 g/mol. The smallest absolute Gasteiger partial charge is 0.256 e. The van der Waals surface area contributed by atoms with Gasteiger partial charge in [-0.2, -0.15) is 0 Å². The Hall–Kier alpha value is -2.54. The molecule has 6 nitrogen and oxygen atoms in total. The number of amides is 2. The molecule has 2 aromatic carbocycles. The maximum Gasteiger partial charge on any atom is 0.256 e. The first kappa shape index (κ1) is 17.3. The Kier molecular flexibility index (Phi) is 4.94. The predicted octanol–water partition coefficient (Wildman–Crippen LogP) is 3.21. The van der Waals surface area contributed by atoms with Gasteiger partial charge in [-0.05, 0) is 36.4 Å². The number of methoxy groups -OCH3 is 2. The number of imide groups is 1. The molecular weight excluding hydrogens is 388 g/mol. The van der Waals surface area contributed by atoms with E-state index in [0.29, 0.717) is 17.2 Å². The molecule has 0 aliphatic carbocycles. The molecule has 0 spiro atoms. The number of nitrogens with zero attached hydrogens (tertiary/aromatic N) is 1. The normalized spacial score (nSPS) is 16.9. The van der Waals surface area contributed by atoms with Crippen LogP contribution < -0.4 is 19.7 Å². The van der Waals surface area contributed by atoms with Crippen LogP contribution in [0.15, 0.2) is 46.9 Å². The van der Waals surface area contributed by atoms with Crippen molar-refractivity contribution in [1.82, 2.24) is 0 Å². The summed E-state index contributed by atoms with van der Waals surface area (Å²) >= 11 is 3.37. The number of carbonyl (C=O) groups excluding carboxylic acids is 2. The summed E-state index contributed by atoms with van der Waals surface area (Å²) in [5.74, 6) is 0.411. The van der Waals surface area contributed by atoms with E-state index in [4.69, 9.17) is 9.47 Å². The van der Waals surface area contributed by atoms with E-state index in [9.17, 15) is 9.59 Å². The van der Waals surface area contributed by atoms with E-state index in [0.717, 1.165) is 15.1 Å².